The van der Waals surface area contributed by atoms with E-state index in [0.29, 0.717) is 23.9 Å². The number of hydrogen-bond donors (Lipinski definition) is 0. The van der Waals surface area contributed by atoms with Crippen molar-refractivity contribution in [3.63, 3.8) is 0 Å². The summed E-state index contributed by atoms with van der Waals surface area (Å²) in [5.74, 6) is 0.475. The first-order valence-corrected chi connectivity index (χ1v) is 6.60. The molecule has 0 saturated carbocycles. The van der Waals surface area contributed by atoms with E-state index in [9.17, 15) is 8.42 Å². The summed E-state index contributed by atoms with van der Waals surface area (Å²) in [6, 6.07) is 8.64. The van der Waals surface area contributed by atoms with E-state index in [1.54, 1.807) is 28.6 Å². The Morgan fingerprint density at radius 1 is 1.27 bits per heavy atom. The third kappa shape index (κ3) is 2.06. The second-order valence-corrected chi connectivity index (χ2v) is 6.01. The van der Waals surface area contributed by atoms with Crippen molar-refractivity contribution in [3.05, 3.63) is 30.3 Å². The van der Waals surface area contributed by atoms with Crippen LogP contribution in [0.2, 0.25) is 0 Å². The number of rotatable bonds is 2. The third-order valence-corrected chi connectivity index (χ3v) is 4.65. The Morgan fingerprint density at radius 3 is 2.47 bits per heavy atom. The highest BCUT2D eigenvalue weighted by molar-refractivity contribution is 7.89. The van der Waals surface area contributed by atoms with Crippen LogP contribution in [-0.2, 0) is 10.0 Å². The van der Waals surface area contributed by atoms with Crippen molar-refractivity contribution < 1.29 is 8.42 Å². The van der Waals surface area contributed by atoms with Crippen LogP contribution in [0.1, 0.15) is 13.3 Å². The first-order chi connectivity index (χ1) is 7.10. The molecule has 0 bridgehead atoms. The van der Waals surface area contributed by atoms with Crippen LogP contribution in [0.15, 0.2) is 35.2 Å². The predicted molar refractivity (Wildman–Crippen MR) is 59.0 cm³/mol. The molecule has 1 saturated heterocycles. The molecular formula is C11H15NO2S. The first kappa shape index (κ1) is 10.6. The number of sulfonamides is 1. The van der Waals surface area contributed by atoms with Crippen molar-refractivity contribution in [1.29, 1.82) is 0 Å². The maximum Gasteiger partial charge on any atom is 0.243 e. The van der Waals surface area contributed by atoms with Gasteiger partial charge in [-0.1, -0.05) is 25.1 Å². The second-order valence-electron chi connectivity index (χ2n) is 4.07. The predicted octanol–water partition coefficient (Wildman–Crippen LogP) is 1.72. The van der Waals surface area contributed by atoms with Gasteiger partial charge in [0.05, 0.1) is 4.90 Å². The quantitative estimate of drug-likeness (QED) is 0.768. The number of nitrogens with zero attached hydrogens (tertiary/aromatic N) is 1. The van der Waals surface area contributed by atoms with Gasteiger partial charge >= 0.3 is 0 Å². The number of hydrogen-bond acceptors (Lipinski definition) is 2. The van der Waals surface area contributed by atoms with Gasteiger partial charge in [0.1, 0.15) is 0 Å². The normalized spacial score (nSPS) is 23.1. The van der Waals surface area contributed by atoms with Gasteiger partial charge in [-0.2, -0.15) is 4.31 Å². The monoisotopic (exact) mass is 225 g/mol. The van der Waals surface area contributed by atoms with Crippen LogP contribution in [0.4, 0.5) is 0 Å². The van der Waals surface area contributed by atoms with E-state index in [1.807, 2.05) is 6.07 Å². The van der Waals surface area contributed by atoms with E-state index < -0.39 is 10.0 Å². The summed E-state index contributed by atoms with van der Waals surface area (Å²) < 4.78 is 25.8. The molecule has 15 heavy (non-hydrogen) atoms. The highest BCUT2D eigenvalue weighted by atomic mass is 32.2. The summed E-state index contributed by atoms with van der Waals surface area (Å²) >= 11 is 0. The van der Waals surface area contributed by atoms with Gasteiger partial charge in [-0.05, 0) is 24.5 Å². The topological polar surface area (TPSA) is 37.4 Å². The van der Waals surface area contributed by atoms with Crippen LogP contribution < -0.4 is 0 Å². The summed E-state index contributed by atoms with van der Waals surface area (Å²) in [7, 11) is -3.24. The lowest BCUT2D eigenvalue weighted by Gasteiger charge is -2.15. The molecule has 0 radical (unpaired) electrons. The minimum absolute atomic E-state index is 0.402. The van der Waals surface area contributed by atoms with E-state index in [4.69, 9.17) is 0 Å². The zero-order valence-corrected chi connectivity index (χ0v) is 9.57. The zero-order valence-electron chi connectivity index (χ0n) is 8.76. The Labute approximate surface area is 90.8 Å². The van der Waals surface area contributed by atoms with Crippen molar-refractivity contribution in [3.8, 4) is 0 Å². The molecule has 0 N–H and O–H groups in total. The van der Waals surface area contributed by atoms with Gasteiger partial charge in [0.25, 0.3) is 0 Å². The molecule has 3 nitrogen and oxygen atoms in total. The lowest BCUT2D eigenvalue weighted by molar-refractivity contribution is 0.464. The molecule has 0 amide bonds. The fourth-order valence-corrected chi connectivity index (χ4v) is 3.45. The molecule has 0 aromatic heterocycles. The summed E-state index contributed by atoms with van der Waals surface area (Å²) in [4.78, 5) is 0.402. The standard InChI is InChI=1S/C11H15NO2S/c1-10-7-8-12(9-10)15(13,14)11-5-3-2-4-6-11/h2-6,10H,7-9H2,1H3/t10-/m1/s1. The minimum Gasteiger partial charge on any atom is -0.207 e. The van der Waals surface area contributed by atoms with Gasteiger partial charge in [0.2, 0.25) is 10.0 Å². The Hall–Kier alpha value is -0.870. The van der Waals surface area contributed by atoms with Crippen LogP contribution in [0.25, 0.3) is 0 Å². The molecule has 1 atom stereocenters. The summed E-state index contributed by atoms with van der Waals surface area (Å²) in [6.45, 7) is 3.39. The molecule has 1 aliphatic rings. The smallest absolute Gasteiger partial charge is 0.207 e. The minimum atomic E-state index is -3.24. The molecule has 82 valence electrons. The van der Waals surface area contributed by atoms with E-state index >= 15 is 0 Å². The molecule has 1 aromatic rings. The molecule has 4 heteroatoms. The Balaban J connectivity index is 2.28. The first-order valence-electron chi connectivity index (χ1n) is 5.16. The Morgan fingerprint density at radius 2 is 1.93 bits per heavy atom. The Kier molecular flexibility index (Phi) is 2.80. The molecule has 0 unspecified atom stereocenters. The lowest BCUT2D eigenvalue weighted by Crippen LogP contribution is -2.28. The summed E-state index contributed by atoms with van der Waals surface area (Å²) in [5.41, 5.74) is 0. The Bertz CT molecular complexity index is 427. The largest absolute Gasteiger partial charge is 0.243 e. The van der Waals surface area contributed by atoms with Crippen molar-refractivity contribution in [2.75, 3.05) is 13.1 Å². The summed E-state index contributed by atoms with van der Waals surface area (Å²) in [6.07, 6.45) is 0.964. The molecule has 2 rings (SSSR count). The van der Waals surface area contributed by atoms with Crippen LogP contribution >= 0.6 is 0 Å². The van der Waals surface area contributed by atoms with E-state index in [1.165, 1.54) is 0 Å². The van der Waals surface area contributed by atoms with Gasteiger partial charge < -0.3 is 0 Å². The van der Waals surface area contributed by atoms with Crippen LogP contribution in [0.5, 0.6) is 0 Å². The van der Waals surface area contributed by atoms with Gasteiger partial charge in [-0.25, -0.2) is 8.42 Å². The van der Waals surface area contributed by atoms with Crippen LogP contribution in [0.3, 0.4) is 0 Å². The van der Waals surface area contributed by atoms with Gasteiger partial charge in [0.15, 0.2) is 0 Å². The van der Waals surface area contributed by atoms with Crippen LogP contribution in [0, 0.1) is 5.92 Å². The van der Waals surface area contributed by atoms with Crippen molar-refractivity contribution in [2.24, 2.45) is 5.92 Å². The fourth-order valence-electron chi connectivity index (χ4n) is 1.85. The number of benzene rings is 1. The molecule has 1 aromatic carbocycles. The zero-order chi connectivity index (χ0) is 10.9. The fraction of sp³-hybridized carbons (Fsp3) is 0.455. The molecule has 1 aliphatic heterocycles. The van der Waals surface area contributed by atoms with Gasteiger partial charge in [-0.3, -0.25) is 0 Å². The van der Waals surface area contributed by atoms with E-state index in [-0.39, 0.29) is 0 Å². The average Bonchev–Trinajstić information content (AvgIpc) is 2.67. The van der Waals surface area contributed by atoms with Crippen molar-refractivity contribution in [1.82, 2.24) is 4.31 Å². The van der Waals surface area contributed by atoms with E-state index in [0.717, 1.165) is 6.42 Å². The highest BCUT2D eigenvalue weighted by Gasteiger charge is 2.30. The van der Waals surface area contributed by atoms with Gasteiger partial charge in [0, 0.05) is 13.1 Å². The third-order valence-electron chi connectivity index (χ3n) is 2.77. The molecular weight excluding hydrogens is 210 g/mol. The highest BCUT2D eigenvalue weighted by Crippen LogP contribution is 2.23. The molecule has 0 spiro atoms. The molecule has 1 fully saturated rings. The van der Waals surface area contributed by atoms with Crippen molar-refractivity contribution >= 4 is 10.0 Å². The maximum atomic E-state index is 12.1. The van der Waals surface area contributed by atoms with Crippen molar-refractivity contribution in [2.45, 2.75) is 18.2 Å². The summed E-state index contributed by atoms with van der Waals surface area (Å²) in [5, 5.41) is 0. The van der Waals surface area contributed by atoms with E-state index in [2.05, 4.69) is 6.92 Å². The van der Waals surface area contributed by atoms with Crippen LogP contribution in [-0.4, -0.2) is 25.8 Å². The second kappa shape index (κ2) is 3.94. The van der Waals surface area contributed by atoms with Gasteiger partial charge in [-0.15, -0.1) is 0 Å². The maximum absolute atomic E-state index is 12.1. The molecule has 0 aliphatic carbocycles. The lowest BCUT2D eigenvalue weighted by atomic mass is 10.2. The SMILES string of the molecule is C[C@@H]1CCN(S(=O)(=O)c2ccccc2)C1. The average molecular weight is 225 g/mol. The molecule has 1 heterocycles.